The van der Waals surface area contributed by atoms with Gasteiger partial charge in [0.25, 0.3) is 0 Å². The number of benzene rings is 1. The Labute approximate surface area is 90.8 Å². The molecule has 0 radical (unpaired) electrons. The lowest BCUT2D eigenvalue weighted by atomic mass is 10.1. The fourth-order valence-electron chi connectivity index (χ4n) is 1.57. The van der Waals surface area contributed by atoms with E-state index in [1.807, 2.05) is 24.3 Å². The number of fused-ring (bicyclic) bond motifs is 1. The van der Waals surface area contributed by atoms with Crippen molar-refractivity contribution in [1.82, 2.24) is 13.7 Å². The van der Waals surface area contributed by atoms with E-state index >= 15 is 0 Å². The summed E-state index contributed by atoms with van der Waals surface area (Å²) in [5.74, 6) is 0. The molecule has 3 rings (SSSR count). The van der Waals surface area contributed by atoms with Crippen LogP contribution in [0.3, 0.4) is 0 Å². The number of hydrogen-bond acceptors (Lipinski definition) is 4. The van der Waals surface area contributed by atoms with Gasteiger partial charge in [-0.05, 0) is 23.8 Å². The first kappa shape index (κ1) is 8.49. The van der Waals surface area contributed by atoms with Crippen molar-refractivity contribution in [2.75, 3.05) is 0 Å². The van der Waals surface area contributed by atoms with Gasteiger partial charge in [0.1, 0.15) is 11.0 Å². The third-order valence-corrected chi connectivity index (χ3v) is 2.82. The standard InChI is InChI=1S/C11H7N3S/c1-2-9(8-4-6-12-7-5-8)11-10(3-1)13-15-14-11/h1-7H. The molecule has 0 unspecified atom stereocenters. The second-order valence-electron chi connectivity index (χ2n) is 3.17. The highest BCUT2D eigenvalue weighted by Crippen LogP contribution is 2.26. The van der Waals surface area contributed by atoms with Gasteiger partial charge < -0.3 is 0 Å². The highest BCUT2D eigenvalue weighted by molar-refractivity contribution is 7.00. The Kier molecular flexibility index (Phi) is 1.93. The normalized spacial score (nSPS) is 10.7. The highest BCUT2D eigenvalue weighted by Gasteiger charge is 2.05. The zero-order valence-electron chi connectivity index (χ0n) is 7.79. The Morgan fingerprint density at radius 1 is 0.933 bits per heavy atom. The molecular weight excluding hydrogens is 206 g/mol. The second-order valence-corrected chi connectivity index (χ2v) is 3.70. The first-order valence-electron chi connectivity index (χ1n) is 4.57. The van der Waals surface area contributed by atoms with E-state index in [0.717, 1.165) is 22.2 Å². The van der Waals surface area contributed by atoms with Crippen LogP contribution in [-0.4, -0.2) is 13.7 Å². The van der Waals surface area contributed by atoms with Crippen LogP contribution in [0.15, 0.2) is 42.7 Å². The molecule has 0 saturated heterocycles. The summed E-state index contributed by atoms with van der Waals surface area (Å²) in [7, 11) is 0. The maximum Gasteiger partial charge on any atom is 0.112 e. The van der Waals surface area contributed by atoms with Gasteiger partial charge in [-0.25, -0.2) is 0 Å². The van der Waals surface area contributed by atoms with E-state index in [1.54, 1.807) is 12.4 Å². The van der Waals surface area contributed by atoms with Gasteiger partial charge in [0.15, 0.2) is 0 Å². The first-order valence-corrected chi connectivity index (χ1v) is 5.30. The van der Waals surface area contributed by atoms with Crippen molar-refractivity contribution in [2.24, 2.45) is 0 Å². The van der Waals surface area contributed by atoms with Crippen LogP contribution < -0.4 is 0 Å². The second kappa shape index (κ2) is 3.40. The third-order valence-electron chi connectivity index (χ3n) is 2.28. The van der Waals surface area contributed by atoms with Crippen molar-refractivity contribution >= 4 is 22.8 Å². The molecule has 0 fully saturated rings. The van der Waals surface area contributed by atoms with Gasteiger partial charge in [-0.2, -0.15) is 8.75 Å². The first-order chi connectivity index (χ1) is 7.45. The predicted molar refractivity (Wildman–Crippen MR) is 60.6 cm³/mol. The highest BCUT2D eigenvalue weighted by atomic mass is 32.1. The zero-order valence-corrected chi connectivity index (χ0v) is 8.61. The van der Waals surface area contributed by atoms with Gasteiger partial charge in [-0.1, -0.05) is 12.1 Å². The summed E-state index contributed by atoms with van der Waals surface area (Å²) in [6, 6.07) is 9.99. The molecule has 0 bridgehead atoms. The van der Waals surface area contributed by atoms with Crippen LogP contribution in [0.4, 0.5) is 0 Å². The van der Waals surface area contributed by atoms with Crippen LogP contribution in [0.25, 0.3) is 22.2 Å². The molecule has 1 aromatic carbocycles. The third kappa shape index (κ3) is 1.39. The van der Waals surface area contributed by atoms with E-state index in [-0.39, 0.29) is 0 Å². The molecule has 0 aliphatic rings. The van der Waals surface area contributed by atoms with Crippen LogP contribution in [0.5, 0.6) is 0 Å². The number of pyridine rings is 1. The predicted octanol–water partition coefficient (Wildman–Crippen LogP) is 2.75. The van der Waals surface area contributed by atoms with E-state index in [9.17, 15) is 0 Å². The smallest absolute Gasteiger partial charge is 0.112 e. The Morgan fingerprint density at radius 2 is 1.80 bits per heavy atom. The molecule has 2 aromatic heterocycles. The van der Waals surface area contributed by atoms with Crippen molar-refractivity contribution < 1.29 is 0 Å². The molecule has 0 amide bonds. The summed E-state index contributed by atoms with van der Waals surface area (Å²) in [5.41, 5.74) is 4.16. The fraction of sp³-hybridized carbons (Fsp3) is 0. The number of aromatic nitrogens is 3. The van der Waals surface area contributed by atoms with Crippen molar-refractivity contribution in [3.05, 3.63) is 42.7 Å². The van der Waals surface area contributed by atoms with Crippen LogP contribution in [0.1, 0.15) is 0 Å². The van der Waals surface area contributed by atoms with Gasteiger partial charge >= 0.3 is 0 Å². The minimum absolute atomic E-state index is 0.953. The van der Waals surface area contributed by atoms with E-state index < -0.39 is 0 Å². The molecule has 0 atom stereocenters. The van der Waals surface area contributed by atoms with Crippen molar-refractivity contribution in [3.8, 4) is 11.1 Å². The maximum absolute atomic E-state index is 4.31. The Bertz CT molecular complexity index is 589. The topological polar surface area (TPSA) is 38.7 Å². The number of hydrogen-bond donors (Lipinski definition) is 0. The molecule has 2 heterocycles. The monoisotopic (exact) mass is 213 g/mol. The lowest BCUT2D eigenvalue weighted by molar-refractivity contribution is 1.33. The Morgan fingerprint density at radius 3 is 2.67 bits per heavy atom. The molecule has 72 valence electrons. The van der Waals surface area contributed by atoms with Crippen LogP contribution in [-0.2, 0) is 0 Å². The van der Waals surface area contributed by atoms with Gasteiger partial charge in [0.2, 0.25) is 0 Å². The van der Waals surface area contributed by atoms with Gasteiger partial charge in [-0.3, -0.25) is 4.98 Å². The lowest BCUT2D eigenvalue weighted by Gasteiger charge is -2.00. The number of nitrogens with zero attached hydrogens (tertiary/aromatic N) is 3. The zero-order chi connectivity index (χ0) is 10.1. The molecule has 3 nitrogen and oxygen atoms in total. The summed E-state index contributed by atoms with van der Waals surface area (Å²) in [5, 5.41) is 0. The quantitative estimate of drug-likeness (QED) is 0.624. The summed E-state index contributed by atoms with van der Waals surface area (Å²) >= 11 is 1.25. The maximum atomic E-state index is 4.31. The van der Waals surface area contributed by atoms with E-state index in [2.05, 4.69) is 19.8 Å². The summed E-state index contributed by atoms with van der Waals surface area (Å²) in [6.45, 7) is 0. The van der Waals surface area contributed by atoms with E-state index in [4.69, 9.17) is 0 Å². The summed E-state index contributed by atoms with van der Waals surface area (Å²) in [4.78, 5) is 4.01. The average Bonchev–Trinajstić information content (AvgIpc) is 2.78. The lowest BCUT2D eigenvalue weighted by Crippen LogP contribution is -1.80. The van der Waals surface area contributed by atoms with Crippen molar-refractivity contribution in [2.45, 2.75) is 0 Å². The van der Waals surface area contributed by atoms with Gasteiger partial charge in [0.05, 0.1) is 11.7 Å². The minimum Gasteiger partial charge on any atom is -0.265 e. The summed E-state index contributed by atoms with van der Waals surface area (Å²) in [6.07, 6.45) is 3.57. The largest absolute Gasteiger partial charge is 0.265 e. The fourth-order valence-corrected chi connectivity index (χ4v) is 2.12. The molecule has 0 aliphatic carbocycles. The molecule has 3 aromatic rings. The van der Waals surface area contributed by atoms with Crippen LogP contribution in [0, 0.1) is 0 Å². The van der Waals surface area contributed by atoms with E-state index in [1.165, 1.54) is 11.7 Å². The van der Waals surface area contributed by atoms with Gasteiger partial charge in [-0.15, -0.1) is 0 Å². The van der Waals surface area contributed by atoms with Crippen molar-refractivity contribution in [3.63, 3.8) is 0 Å². The molecule has 0 aliphatic heterocycles. The SMILES string of the molecule is c1cc(-c2ccncc2)c2nsnc2c1. The van der Waals surface area contributed by atoms with Crippen LogP contribution >= 0.6 is 11.7 Å². The molecule has 4 heteroatoms. The molecule has 0 saturated carbocycles. The average molecular weight is 213 g/mol. The minimum atomic E-state index is 0.953. The van der Waals surface area contributed by atoms with Crippen LogP contribution in [0.2, 0.25) is 0 Å². The molecule has 0 N–H and O–H groups in total. The molecule has 0 spiro atoms. The Hall–Kier alpha value is -1.81. The Balaban J connectivity index is 2.31. The van der Waals surface area contributed by atoms with E-state index in [0.29, 0.717) is 0 Å². The van der Waals surface area contributed by atoms with Gasteiger partial charge in [0, 0.05) is 18.0 Å². The number of rotatable bonds is 1. The molecule has 15 heavy (non-hydrogen) atoms. The molecular formula is C11H7N3S. The summed E-state index contributed by atoms with van der Waals surface area (Å²) < 4.78 is 8.52. The van der Waals surface area contributed by atoms with Crippen molar-refractivity contribution in [1.29, 1.82) is 0 Å².